The van der Waals surface area contributed by atoms with E-state index in [1.54, 1.807) is 7.11 Å². The molecule has 4 nitrogen and oxygen atoms in total. The second-order valence-electron chi connectivity index (χ2n) is 6.81. The summed E-state index contributed by atoms with van der Waals surface area (Å²) in [6.45, 7) is 2.55. The molecule has 27 heavy (non-hydrogen) atoms. The number of benzene rings is 3. The molecule has 142 valence electrons. The third-order valence-corrected chi connectivity index (χ3v) is 5.00. The smallest absolute Gasteiger partial charge is 0.126 e. The summed E-state index contributed by atoms with van der Waals surface area (Å²) in [6, 6.07) is 21.3. The van der Waals surface area contributed by atoms with Crippen LogP contribution in [-0.2, 0) is 0 Å². The van der Waals surface area contributed by atoms with Gasteiger partial charge in [0.1, 0.15) is 5.75 Å². The Hall–Kier alpha value is -2.40. The van der Waals surface area contributed by atoms with Crippen LogP contribution >= 0.6 is 0 Å². The minimum atomic E-state index is -0.589. The average Bonchev–Trinajstić information content (AvgIpc) is 2.72. The molecule has 0 fully saturated rings. The second kappa shape index (κ2) is 9.00. The van der Waals surface area contributed by atoms with E-state index in [-0.39, 0.29) is 6.04 Å². The summed E-state index contributed by atoms with van der Waals surface area (Å²) in [5, 5.41) is 26.5. The lowest BCUT2D eigenvalue weighted by molar-refractivity contribution is 0.127. The van der Waals surface area contributed by atoms with Crippen LogP contribution in [0.25, 0.3) is 10.8 Å². The largest absolute Gasteiger partial charge is 0.496 e. The highest BCUT2D eigenvalue weighted by Crippen LogP contribution is 2.32. The van der Waals surface area contributed by atoms with Crippen molar-refractivity contribution in [2.75, 3.05) is 13.7 Å². The molecule has 3 rings (SSSR count). The fraction of sp³-hybridized carbons (Fsp3) is 0.304. The number of hydrogen-bond donors (Lipinski definition) is 3. The van der Waals surface area contributed by atoms with Crippen molar-refractivity contribution in [2.45, 2.75) is 31.6 Å². The van der Waals surface area contributed by atoms with Crippen LogP contribution in [0.2, 0.25) is 0 Å². The summed E-state index contributed by atoms with van der Waals surface area (Å²) in [6.07, 6.45) is -0.609. The molecule has 0 spiro atoms. The lowest BCUT2D eigenvalue weighted by Crippen LogP contribution is -2.33. The highest BCUT2D eigenvalue weighted by molar-refractivity contribution is 5.91. The Balaban J connectivity index is 1.63. The molecule has 0 bridgehead atoms. The SMILES string of the molecule is COc1ccc(C(O)CCNC(C)C(O)c2ccccc2)c2ccccc12. The van der Waals surface area contributed by atoms with Crippen LogP contribution < -0.4 is 10.1 Å². The number of hydrogen-bond acceptors (Lipinski definition) is 4. The van der Waals surface area contributed by atoms with Gasteiger partial charge in [0.2, 0.25) is 0 Å². The molecule has 0 amide bonds. The lowest BCUT2D eigenvalue weighted by atomic mass is 9.97. The Morgan fingerprint density at radius 2 is 1.56 bits per heavy atom. The van der Waals surface area contributed by atoms with Gasteiger partial charge in [-0.15, -0.1) is 0 Å². The summed E-state index contributed by atoms with van der Waals surface area (Å²) in [7, 11) is 1.65. The Kier molecular flexibility index (Phi) is 6.45. The van der Waals surface area contributed by atoms with Crippen LogP contribution in [0.4, 0.5) is 0 Å². The molecule has 0 radical (unpaired) electrons. The van der Waals surface area contributed by atoms with Gasteiger partial charge in [-0.3, -0.25) is 0 Å². The summed E-state index contributed by atoms with van der Waals surface area (Å²) in [4.78, 5) is 0. The van der Waals surface area contributed by atoms with E-state index in [1.807, 2.05) is 73.7 Å². The van der Waals surface area contributed by atoms with Gasteiger partial charge >= 0.3 is 0 Å². The molecule has 0 aliphatic rings. The summed E-state index contributed by atoms with van der Waals surface area (Å²) in [5.74, 6) is 0.805. The molecule has 0 saturated carbocycles. The minimum absolute atomic E-state index is 0.104. The number of fused-ring (bicyclic) bond motifs is 1. The molecule has 0 aliphatic carbocycles. The van der Waals surface area contributed by atoms with E-state index in [9.17, 15) is 10.2 Å². The first kappa shape index (κ1) is 19.4. The molecule has 0 aromatic heterocycles. The molecule has 0 saturated heterocycles. The maximum absolute atomic E-state index is 10.7. The Morgan fingerprint density at radius 1 is 0.889 bits per heavy atom. The van der Waals surface area contributed by atoms with E-state index < -0.39 is 12.2 Å². The van der Waals surface area contributed by atoms with Crippen molar-refractivity contribution in [3.8, 4) is 5.75 Å². The van der Waals surface area contributed by atoms with Crippen LogP contribution in [-0.4, -0.2) is 29.9 Å². The highest BCUT2D eigenvalue weighted by Gasteiger charge is 2.17. The van der Waals surface area contributed by atoms with Gasteiger partial charge < -0.3 is 20.3 Å². The standard InChI is InChI=1S/C23H27NO3/c1-16(23(26)17-8-4-3-5-9-17)24-15-14-21(25)19-12-13-22(27-2)20-11-7-6-10-18(19)20/h3-13,16,21,23-26H,14-15H2,1-2H3. The summed E-state index contributed by atoms with van der Waals surface area (Å²) < 4.78 is 5.42. The first-order valence-electron chi connectivity index (χ1n) is 9.32. The Labute approximate surface area is 160 Å². The van der Waals surface area contributed by atoms with Crippen LogP contribution in [0.5, 0.6) is 5.75 Å². The zero-order chi connectivity index (χ0) is 19.2. The van der Waals surface area contributed by atoms with Crippen molar-refractivity contribution < 1.29 is 14.9 Å². The third kappa shape index (κ3) is 4.48. The predicted molar refractivity (Wildman–Crippen MR) is 109 cm³/mol. The van der Waals surface area contributed by atoms with E-state index in [4.69, 9.17) is 4.74 Å². The third-order valence-electron chi connectivity index (χ3n) is 5.00. The maximum atomic E-state index is 10.7. The van der Waals surface area contributed by atoms with Crippen molar-refractivity contribution in [2.24, 2.45) is 0 Å². The van der Waals surface area contributed by atoms with Crippen molar-refractivity contribution >= 4 is 10.8 Å². The molecule has 4 heteroatoms. The number of aliphatic hydroxyl groups excluding tert-OH is 2. The van der Waals surface area contributed by atoms with Crippen LogP contribution in [0.3, 0.4) is 0 Å². The molecular weight excluding hydrogens is 338 g/mol. The van der Waals surface area contributed by atoms with Gasteiger partial charge in [-0.05, 0) is 42.5 Å². The van der Waals surface area contributed by atoms with E-state index in [0.29, 0.717) is 13.0 Å². The van der Waals surface area contributed by atoms with Gasteiger partial charge in [0.25, 0.3) is 0 Å². The normalized spacial score (nSPS) is 14.7. The molecule has 0 heterocycles. The van der Waals surface area contributed by atoms with Crippen LogP contribution in [0.1, 0.15) is 36.7 Å². The maximum Gasteiger partial charge on any atom is 0.126 e. The molecule has 0 aliphatic heterocycles. The van der Waals surface area contributed by atoms with Gasteiger partial charge in [-0.2, -0.15) is 0 Å². The zero-order valence-corrected chi connectivity index (χ0v) is 15.8. The second-order valence-corrected chi connectivity index (χ2v) is 6.81. The van der Waals surface area contributed by atoms with Crippen molar-refractivity contribution in [3.05, 3.63) is 77.9 Å². The highest BCUT2D eigenvalue weighted by atomic mass is 16.5. The van der Waals surface area contributed by atoms with E-state index >= 15 is 0 Å². The molecule has 3 atom stereocenters. The number of nitrogens with one attached hydrogen (secondary N) is 1. The number of ether oxygens (including phenoxy) is 1. The van der Waals surface area contributed by atoms with Gasteiger partial charge in [-0.25, -0.2) is 0 Å². The predicted octanol–water partition coefficient (Wildman–Crippen LogP) is 3.98. The van der Waals surface area contributed by atoms with Crippen molar-refractivity contribution in [3.63, 3.8) is 0 Å². The van der Waals surface area contributed by atoms with Crippen LogP contribution in [0, 0.1) is 0 Å². The molecule has 3 unspecified atom stereocenters. The quantitative estimate of drug-likeness (QED) is 0.565. The fourth-order valence-electron chi connectivity index (χ4n) is 3.42. The number of aliphatic hydroxyl groups is 2. The summed E-state index contributed by atoms with van der Waals surface area (Å²) in [5.41, 5.74) is 1.78. The van der Waals surface area contributed by atoms with E-state index in [1.165, 1.54) is 0 Å². The first-order chi connectivity index (χ1) is 13.1. The minimum Gasteiger partial charge on any atom is -0.496 e. The summed E-state index contributed by atoms with van der Waals surface area (Å²) >= 11 is 0. The molecule has 3 N–H and O–H groups in total. The molecule has 3 aromatic carbocycles. The zero-order valence-electron chi connectivity index (χ0n) is 15.8. The average molecular weight is 365 g/mol. The van der Waals surface area contributed by atoms with Crippen molar-refractivity contribution in [1.82, 2.24) is 5.32 Å². The van der Waals surface area contributed by atoms with Gasteiger partial charge in [0.05, 0.1) is 19.3 Å². The van der Waals surface area contributed by atoms with Gasteiger partial charge in [0.15, 0.2) is 0 Å². The van der Waals surface area contributed by atoms with Crippen molar-refractivity contribution in [1.29, 1.82) is 0 Å². The molecule has 3 aromatic rings. The van der Waals surface area contributed by atoms with Gasteiger partial charge in [-0.1, -0.05) is 60.7 Å². The molecular formula is C23H27NO3. The first-order valence-corrected chi connectivity index (χ1v) is 9.32. The van der Waals surface area contributed by atoms with E-state index in [2.05, 4.69) is 5.32 Å². The number of methoxy groups -OCH3 is 1. The van der Waals surface area contributed by atoms with E-state index in [0.717, 1.165) is 27.6 Å². The monoisotopic (exact) mass is 365 g/mol. The van der Waals surface area contributed by atoms with Crippen LogP contribution in [0.15, 0.2) is 66.7 Å². The van der Waals surface area contributed by atoms with Gasteiger partial charge in [0, 0.05) is 11.4 Å². The lowest BCUT2D eigenvalue weighted by Gasteiger charge is -2.22. The Bertz CT molecular complexity index is 866. The topological polar surface area (TPSA) is 61.7 Å². The number of rotatable bonds is 8. The Morgan fingerprint density at radius 3 is 2.26 bits per heavy atom. The fourth-order valence-corrected chi connectivity index (χ4v) is 3.42.